The Morgan fingerprint density at radius 2 is 1.68 bits per heavy atom. The van der Waals surface area contributed by atoms with E-state index in [0.29, 0.717) is 65.2 Å². The number of aliphatic hydroxyl groups is 1. The summed E-state index contributed by atoms with van der Waals surface area (Å²) >= 11 is 0. The first-order valence-corrected chi connectivity index (χ1v) is 24.5. The highest BCUT2D eigenvalue weighted by Gasteiger charge is 2.43. The summed E-state index contributed by atoms with van der Waals surface area (Å²) in [6.07, 6.45) is 4.70. The van der Waals surface area contributed by atoms with Crippen molar-refractivity contribution in [1.29, 1.82) is 0 Å². The van der Waals surface area contributed by atoms with E-state index in [0.717, 1.165) is 40.5 Å². The SMILES string of the molecule is C/C=C1\OCc2c(cc3n(c2=O)Cc2c-3nc3cc(F)c(C)c4c3c2[C@@H](NC(=O)C[C@H](C)OCNC(=O)CNC(=O)[C@H](Cc2ccccc2)NC(=O)CNC(=O)CNC(=O)CCCCCN)CC4)[C@@]1(O)CC. The molecule has 3 aliphatic rings. The van der Waals surface area contributed by atoms with E-state index in [1.54, 1.807) is 67.8 Å². The van der Waals surface area contributed by atoms with Crippen LogP contribution in [-0.2, 0) is 69.8 Å². The number of hydrogen-bond acceptors (Lipinski definition) is 12. The van der Waals surface area contributed by atoms with Crippen molar-refractivity contribution in [1.82, 2.24) is 41.5 Å². The number of halogens is 1. The number of rotatable bonds is 22. The quantitative estimate of drug-likeness (QED) is 0.0367. The lowest BCUT2D eigenvalue weighted by atomic mass is 9.81. The summed E-state index contributed by atoms with van der Waals surface area (Å²) in [5, 5.41) is 28.4. The van der Waals surface area contributed by atoms with Gasteiger partial charge in [0.05, 0.1) is 67.2 Å². The average Bonchev–Trinajstić information content (AvgIpc) is 3.74. The topological polar surface area (TPSA) is 274 Å². The van der Waals surface area contributed by atoms with Crippen LogP contribution in [0.2, 0.25) is 0 Å². The van der Waals surface area contributed by atoms with Crippen molar-refractivity contribution in [2.24, 2.45) is 5.73 Å². The van der Waals surface area contributed by atoms with Gasteiger partial charge in [0.25, 0.3) is 5.56 Å². The van der Waals surface area contributed by atoms with Crippen molar-refractivity contribution in [2.45, 2.75) is 122 Å². The molecule has 1 aliphatic carbocycles. The molecule has 0 radical (unpaired) electrons. The molecule has 9 N–H and O–H groups in total. The predicted molar refractivity (Wildman–Crippen MR) is 264 cm³/mol. The molecule has 7 rings (SSSR count). The van der Waals surface area contributed by atoms with E-state index in [4.69, 9.17) is 20.2 Å². The summed E-state index contributed by atoms with van der Waals surface area (Å²) in [5.41, 5.74) is 9.28. The van der Waals surface area contributed by atoms with E-state index in [2.05, 4.69) is 31.9 Å². The Morgan fingerprint density at radius 3 is 2.42 bits per heavy atom. The Morgan fingerprint density at radius 1 is 0.958 bits per heavy atom. The number of allylic oxidation sites excluding steroid dienone is 1. The molecule has 384 valence electrons. The molecule has 19 nitrogen and oxygen atoms in total. The summed E-state index contributed by atoms with van der Waals surface area (Å²) in [5.74, 6) is -3.18. The van der Waals surface area contributed by atoms with Gasteiger partial charge in [0.15, 0.2) is 0 Å². The maximum Gasteiger partial charge on any atom is 0.258 e. The first kappa shape index (κ1) is 52.8. The van der Waals surface area contributed by atoms with Crippen molar-refractivity contribution in [3.05, 3.63) is 109 Å². The monoisotopic (exact) mass is 993 g/mol. The molecule has 20 heteroatoms. The number of nitrogens with two attached hydrogens (primary N) is 1. The number of fused-ring (bicyclic) bond motifs is 5. The molecule has 4 aromatic rings. The molecular weight excluding hydrogens is 930 g/mol. The van der Waals surface area contributed by atoms with Gasteiger partial charge in [-0.3, -0.25) is 33.6 Å². The first-order valence-electron chi connectivity index (χ1n) is 24.5. The van der Waals surface area contributed by atoms with Crippen LogP contribution < -0.4 is 43.2 Å². The summed E-state index contributed by atoms with van der Waals surface area (Å²) in [6, 6.07) is 10.4. The number of amides is 6. The number of carbonyl (C=O) groups excluding carboxylic acids is 6. The van der Waals surface area contributed by atoms with Gasteiger partial charge in [0.1, 0.15) is 36.6 Å². The third-order valence-electron chi connectivity index (χ3n) is 13.5. The maximum absolute atomic E-state index is 15.4. The summed E-state index contributed by atoms with van der Waals surface area (Å²) in [7, 11) is 0. The van der Waals surface area contributed by atoms with Gasteiger partial charge in [0, 0.05) is 35.4 Å². The lowest BCUT2D eigenvalue weighted by Crippen LogP contribution is -2.52. The van der Waals surface area contributed by atoms with E-state index < -0.39 is 66.3 Å². The fourth-order valence-electron chi connectivity index (χ4n) is 9.70. The molecule has 6 amide bonds. The van der Waals surface area contributed by atoms with E-state index >= 15 is 4.39 Å². The van der Waals surface area contributed by atoms with Crippen LogP contribution in [0.1, 0.15) is 111 Å². The van der Waals surface area contributed by atoms with E-state index in [-0.39, 0.29) is 69.5 Å². The fourth-order valence-corrected chi connectivity index (χ4v) is 9.70. The Kier molecular flexibility index (Phi) is 17.2. The minimum absolute atomic E-state index is 0.00726. The van der Waals surface area contributed by atoms with E-state index in [9.17, 15) is 38.7 Å². The van der Waals surface area contributed by atoms with Crippen LogP contribution in [0.3, 0.4) is 0 Å². The molecule has 4 atom stereocenters. The standard InChI is InChI=1S/C52H64FN9O10/c1-5-41-52(70,6-2)35-21-40-49-33(26-62(40)51(69)34(35)27-71-41)48-37(17-16-32-30(4)36(53)22-38(61-49)47(32)48)59-43(64)19-29(3)72-28-58-45(66)24-57-50(68)39(20-31-13-9-7-10-14-31)60-46(67)25-56-44(65)23-55-42(63)15-11-8-12-18-54/h5,7,9-10,13-14,21-22,29,37,39,70H,6,8,11-12,15-20,23-28,54H2,1-4H3,(H,55,63)(H,56,65)(H,57,68)(H,58,66)(H,59,64)(H,60,67)/b41-5-/t29-,37-,39-,52-/m0/s1. The van der Waals surface area contributed by atoms with Gasteiger partial charge in [-0.15, -0.1) is 0 Å². The zero-order valence-corrected chi connectivity index (χ0v) is 41.1. The normalized spacial score (nSPS) is 17.7. The number of nitrogens with zero attached hydrogens (tertiary/aromatic N) is 2. The smallest absolute Gasteiger partial charge is 0.258 e. The van der Waals surface area contributed by atoms with Crippen molar-refractivity contribution in [3.63, 3.8) is 0 Å². The van der Waals surface area contributed by atoms with Crippen LogP contribution in [0, 0.1) is 12.7 Å². The van der Waals surface area contributed by atoms with Gasteiger partial charge in [-0.25, -0.2) is 9.37 Å². The van der Waals surface area contributed by atoms with Crippen LogP contribution in [0.25, 0.3) is 22.3 Å². The van der Waals surface area contributed by atoms with Crippen LogP contribution in [0.5, 0.6) is 0 Å². The summed E-state index contributed by atoms with van der Waals surface area (Å²) < 4.78 is 28.7. The Balaban J connectivity index is 0.931. The number of benzene rings is 2. The van der Waals surface area contributed by atoms with Crippen LogP contribution in [0.4, 0.5) is 4.39 Å². The number of nitrogens with one attached hydrogen (secondary N) is 6. The molecule has 2 aliphatic heterocycles. The third kappa shape index (κ3) is 11.8. The molecule has 4 heterocycles. The number of ether oxygens (including phenoxy) is 2. The number of carbonyl (C=O) groups is 6. The number of unbranched alkanes of at least 4 members (excludes halogenated alkanes) is 2. The van der Waals surface area contributed by atoms with E-state index in [1.165, 1.54) is 6.07 Å². The number of aryl methyl sites for hydroxylation is 1. The number of aromatic nitrogens is 2. The molecule has 0 saturated heterocycles. The molecule has 0 bridgehead atoms. The van der Waals surface area contributed by atoms with Crippen molar-refractivity contribution >= 4 is 46.3 Å². The predicted octanol–water partition coefficient (Wildman–Crippen LogP) is 2.47. The van der Waals surface area contributed by atoms with Crippen molar-refractivity contribution < 1.29 is 47.7 Å². The highest BCUT2D eigenvalue weighted by molar-refractivity contribution is 5.94. The second kappa shape index (κ2) is 23.5. The fraction of sp³-hybridized carbons (Fsp3) is 0.462. The molecule has 0 unspecified atom stereocenters. The van der Waals surface area contributed by atoms with Crippen molar-refractivity contribution in [2.75, 3.05) is 32.9 Å². The lowest BCUT2D eigenvalue weighted by Gasteiger charge is -2.36. The minimum Gasteiger partial charge on any atom is -0.490 e. The van der Waals surface area contributed by atoms with Gasteiger partial charge >= 0.3 is 0 Å². The molecule has 0 fully saturated rings. The third-order valence-corrected chi connectivity index (χ3v) is 13.5. The number of pyridine rings is 2. The molecular formula is C52H64FN9O10. The molecule has 2 aromatic heterocycles. The molecule has 2 aromatic carbocycles. The van der Waals surface area contributed by atoms with Crippen LogP contribution in [0.15, 0.2) is 59.1 Å². The first-order chi connectivity index (χ1) is 34.6. The van der Waals surface area contributed by atoms with E-state index in [1.807, 2.05) is 6.92 Å². The lowest BCUT2D eigenvalue weighted by molar-refractivity contribution is -0.131. The average molecular weight is 994 g/mol. The van der Waals surface area contributed by atoms with Crippen LogP contribution >= 0.6 is 0 Å². The highest BCUT2D eigenvalue weighted by Crippen LogP contribution is 2.47. The number of hydrogen-bond donors (Lipinski definition) is 8. The zero-order chi connectivity index (χ0) is 51.7. The van der Waals surface area contributed by atoms with Crippen molar-refractivity contribution in [3.8, 4) is 11.4 Å². The summed E-state index contributed by atoms with van der Waals surface area (Å²) in [6.45, 7) is 6.13. The summed E-state index contributed by atoms with van der Waals surface area (Å²) in [4.78, 5) is 96.2. The zero-order valence-electron chi connectivity index (χ0n) is 41.1. The van der Waals surface area contributed by atoms with Gasteiger partial charge < -0.3 is 56.8 Å². The molecule has 0 spiro atoms. The van der Waals surface area contributed by atoms with Gasteiger partial charge in [0.2, 0.25) is 35.4 Å². The highest BCUT2D eigenvalue weighted by atomic mass is 19.1. The van der Waals surface area contributed by atoms with Gasteiger partial charge in [-0.1, -0.05) is 43.7 Å². The Hall–Kier alpha value is -7.03. The second-order valence-electron chi connectivity index (χ2n) is 18.4. The molecule has 0 saturated carbocycles. The Labute approximate surface area is 416 Å². The largest absolute Gasteiger partial charge is 0.490 e. The Bertz CT molecular complexity index is 2840. The van der Waals surface area contributed by atoms with Gasteiger partial charge in [-0.05, 0) is 93.8 Å². The second-order valence-corrected chi connectivity index (χ2v) is 18.4. The van der Waals surface area contributed by atoms with Crippen LogP contribution in [-0.4, -0.2) is 95.2 Å². The van der Waals surface area contributed by atoms with Gasteiger partial charge in [-0.2, -0.15) is 0 Å². The maximum atomic E-state index is 15.4. The minimum atomic E-state index is -1.53. The molecule has 72 heavy (non-hydrogen) atoms.